The largest absolute Gasteiger partial charge is 0.399 e. The van der Waals surface area contributed by atoms with E-state index in [0.29, 0.717) is 18.7 Å². The number of amides is 1. The zero-order valence-electron chi connectivity index (χ0n) is 10.3. The Bertz CT molecular complexity index is 572. The molecule has 2 rings (SSSR count). The van der Waals surface area contributed by atoms with Gasteiger partial charge in [-0.05, 0) is 42.3 Å². The Morgan fingerprint density at radius 1 is 1.26 bits per heavy atom. The second-order valence-corrected chi connectivity index (χ2v) is 4.10. The SMILES string of the molecule is Nc1ccc(F)c(C(=O)NCCc2ccncc2)c1. The minimum absolute atomic E-state index is 0.0327. The fraction of sp³-hybridized carbons (Fsp3) is 0.143. The van der Waals surface area contributed by atoms with E-state index in [-0.39, 0.29) is 5.56 Å². The summed E-state index contributed by atoms with van der Waals surface area (Å²) in [7, 11) is 0. The molecule has 2 aromatic rings. The van der Waals surface area contributed by atoms with E-state index < -0.39 is 11.7 Å². The lowest BCUT2D eigenvalue weighted by Crippen LogP contribution is -2.26. The highest BCUT2D eigenvalue weighted by Crippen LogP contribution is 2.11. The molecule has 4 nitrogen and oxygen atoms in total. The normalized spacial score (nSPS) is 10.2. The van der Waals surface area contributed by atoms with Crippen LogP contribution in [0.5, 0.6) is 0 Å². The first-order valence-electron chi connectivity index (χ1n) is 5.89. The number of aromatic nitrogens is 1. The number of carbonyl (C=O) groups is 1. The van der Waals surface area contributed by atoms with E-state index in [4.69, 9.17) is 5.73 Å². The molecule has 0 aliphatic rings. The fourth-order valence-corrected chi connectivity index (χ4v) is 1.68. The number of nitrogens with zero attached hydrogens (tertiary/aromatic N) is 1. The van der Waals surface area contributed by atoms with Crippen LogP contribution in [0.4, 0.5) is 10.1 Å². The van der Waals surface area contributed by atoms with Gasteiger partial charge in [-0.2, -0.15) is 0 Å². The summed E-state index contributed by atoms with van der Waals surface area (Å²) in [6.07, 6.45) is 4.04. The van der Waals surface area contributed by atoms with Crippen molar-refractivity contribution in [1.29, 1.82) is 0 Å². The van der Waals surface area contributed by atoms with Crippen LogP contribution >= 0.6 is 0 Å². The minimum Gasteiger partial charge on any atom is -0.399 e. The van der Waals surface area contributed by atoms with Gasteiger partial charge in [0, 0.05) is 24.6 Å². The molecular formula is C14H14FN3O. The molecule has 5 heteroatoms. The number of benzene rings is 1. The second-order valence-electron chi connectivity index (χ2n) is 4.10. The van der Waals surface area contributed by atoms with Gasteiger partial charge in [0.25, 0.3) is 5.91 Å². The van der Waals surface area contributed by atoms with Crippen molar-refractivity contribution in [2.45, 2.75) is 6.42 Å². The Morgan fingerprint density at radius 3 is 2.74 bits per heavy atom. The number of nitrogen functional groups attached to an aromatic ring is 1. The van der Waals surface area contributed by atoms with Crippen molar-refractivity contribution in [2.24, 2.45) is 0 Å². The Balaban J connectivity index is 1.93. The average Bonchev–Trinajstić information content (AvgIpc) is 2.42. The summed E-state index contributed by atoms with van der Waals surface area (Å²) < 4.78 is 13.4. The smallest absolute Gasteiger partial charge is 0.254 e. The van der Waals surface area contributed by atoms with Crippen molar-refractivity contribution in [2.75, 3.05) is 12.3 Å². The molecule has 0 atom stereocenters. The molecule has 0 bridgehead atoms. The van der Waals surface area contributed by atoms with Crippen LogP contribution in [-0.2, 0) is 6.42 Å². The summed E-state index contributed by atoms with van der Waals surface area (Å²) in [5.41, 5.74) is 6.92. The van der Waals surface area contributed by atoms with Gasteiger partial charge in [0.05, 0.1) is 5.56 Å². The number of rotatable bonds is 4. The van der Waals surface area contributed by atoms with E-state index >= 15 is 0 Å². The van der Waals surface area contributed by atoms with Gasteiger partial charge >= 0.3 is 0 Å². The summed E-state index contributed by atoms with van der Waals surface area (Å²) in [5.74, 6) is -1.03. The number of anilines is 1. The third-order valence-corrected chi connectivity index (χ3v) is 2.68. The maximum absolute atomic E-state index is 13.4. The summed E-state index contributed by atoms with van der Waals surface area (Å²) in [5, 5.41) is 2.66. The Labute approximate surface area is 110 Å². The van der Waals surface area contributed by atoms with Crippen molar-refractivity contribution >= 4 is 11.6 Å². The van der Waals surface area contributed by atoms with Gasteiger partial charge < -0.3 is 11.1 Å². The molecule has 19 heavy (non-hydrogen) atoms. The highest BCUT2D eigenvalue weighted by atomic mass is 19.1. The van der Waals surface area contributed by atoms with Crippen LogP contribution in [0.3, 0.4) is 0 Å². The quantitative estimate of drug-likeness (QED) is 0.822. The van der Waals surface area contributed by atoms with Gasteiger partial charge in [0.1, 0.15) is 5.82 Å². The molecular weight excluding hydrogens is 245 g/mol. The lowest BCUT2D eigenvalue weighted by atomic mass is 10.1. The number of nitrogens with one attached hydrogen (secondary N) is 1. The van der Waals surface area contributed by atoms with Crippen LogP contribution in [0.15, 0.2) is 42.7 Å². The second kappa shape index (κ2) is 5.95. The fourth-order valence-electron chi connectivity index (χ4n) is 1.68. The number of hydrogen-bond donors (Lipinski definition) is 2. The minimum atomic E-state index is -0.574. The van der Waals surface area contributed by atoms with Crippen molar-refractivity contribution in [3.63, 3.8) is 0 Å². The molecule has 0 saturated heterocycles. The molecule has 0 unspecified atom stereocenters. The molecule has 3 N–H and O–H groups in total. The standard InChI is InChI=1S/C14H14FN3O/c15-13-2-1-11(16)9-12(13)14(19)18-8-5-10-3-6-17-7-4-10/h1-4,6-7,9H,5,8,16H2,(H,18,19). The van der Waals surface area contributed by atoms with Crippen molar-refractivity contribution in [1.82, 2.24) is 10.3 Å². The molecule has 98 valence electrons. The number of nitrogens with two attached hydrogens (primary N) is 1. The maximum atomic E-state index is 13.4. The van der Waals surface area contributed by atoms with Crippen molar-refractivity contribution < 1.29 is 9.18 Å². The summed E-state index contributed by atoms with van der Waals surface area (Å²) in [4.78, 5) is 15.7. The van der Waals surface area contributed by atoms with E-state index in [1.807, 2.05) is 12.1 Å². The lowest BCUT2D eigenvalue weighted by Gasteiger charge is -2.07. The van der Waals surface area contributed by atoms with Gasteiger partial charge in [-0.25, -0.2) is 4.39 Å². The maximum Gasteiger partial charge on any atom is 0.254 e. The highest BCUT2D eigenvalue weighted by Gasteiger charge is 2.11. The Hall–Kier alpha value is -2.43. The molecule has 0 radical (unpaired) electrons. The van der Waals surface area contributed by atoms with Crippen LogP contribution in [0.2, 0.25) is 0 Å². The summed E-state index contributed by atoms with van der Waals surface area (Å²) >= 11 is 0. The lowest BCUT2D eigenvalue weighted by molar-refractivity contribution is 0.0950. The van der Waals surface area contributed by atoms with Crippen LogP contribution in [-0.4, -0.2) is 17.4 Å². The summed E-state index contributed by atoms with van der Waals surface area (Å²) in [6, 6.07) is 7.67. The van der Waals surface area contributed by atoms with Crippen molar-refractivity contribution in [3.05, 3.63) is 59.7 Å². The Morgan fingerprint density at radius 2 is 2.00 bits per heavy atom. The van der Waals surface area contributed by atoms with Crippen molar-refractivity contribution in [3.8, 4) is 0 Å². The molecule has 1 amide bonds. The van der Waals surface area contributed by atoms with E-state index in [1.54, 1.807) is 12.4 Å². The molecule has 0 saturated carbocycles. The average molecular weight is 259 g/mol. The first-order chi connectivity index (χ1) is 9.16. The first-order valence-corrected chi connectivity index (χ1v) is 5.89. The monoisotopic (exact) mass is 259 g/mol. The predicted molar refractivity (Wildman–Crippen MR) is 71.1 cm³/mol. The topological polar surface area (TPSA) is 68.0 Å². The molecule has 0 aliphatic heterocycles. The number of hydrogen-bond acceptors (Lipinski definition) is 3. The van der Waals surface area contributed by atoms with E-state index in [9.17, 15) is 9.18 Å². The van der Waals surface area contributed by atoms with Gasteiger partial charge in [-0.1, -0.05) is 0 Å². The van der Waals surface area contributed by atoms with Gasteiger partial charge in [-0.3, -0.25) is 9.78 Å². The zero-order chi connectivity index (χ0) is 13.7. The summed E-state index contributed by atoms with van der Waals surface area (Å²) in [6.45, 7) is 0.428. The Kier molecular flexibility index (Phi) is 4.07. The molecule has 0 spiro atoms. The van der Waals surface area contributed by atoms with Crippen LogP contribution in [0.25, 0.3) is 0 Å². The molecule has 1 heterocycles. The molecule has 0 fully saturated rings. The van der Waals surface area contributed by atoms with E-state index in [0.717, 1.165) is 5.56 Å². The number of carbonyl (C=O) groups excluding carboxylic acids is 1. The van der Waals surface area contributed by atoms with E-state index in [1.165, 1.54) is 18.2 Å². The molecule has 0 aliphatic carbocycles. The zero-order valence-corrected chi connectivity index (χ0v) is 10.3. The van der Waals surface area contributed by atoms with Gasteiger partial charge in [0.2, 0.25) is 0 Å². The number of halogens is 1. The first kappa shape index (κ1) is 13.0. The van der Waals surface area contributed by atoms with Gasteiger partial charge in [0.15, 0.2) is 0 Å². The molecule has 1 aromatic heterocycles. The predicted octanol–water partition coefficient (Wildman–Crippen LogP) is 1.78. The van der Waals surface area contributed by atoms with Crippen LogP contribution in [0.1, 0.15) is 15.9 Å². The van der Waals surface area contributed by atoms with Crippen LogP contribution < -0.4 is 11.1 Å². The van der Waals surface area contributed by atoms with Crippen LogP contribution in [0, 0.1) is 5.82 Å². The highest BCUT2D eigenvalue weighted by molar-refractivity contribution is 5.95. The third-order valence-electron chi connectivity index (χ3n) is 2.68. The van der Waals surface area contributed by atoms with E-state index in [2.05, 4.69) is 10.3 Å². The third kappa shape index (κ3) is 3.51. The number of pyridine rings is 1. The molecule has 1 aromatic carbocycles. The van der Waals surface area contributed by atoms with Gasteiger partial charge in [-0.15, -0.1) is 0 Å².